The summed E-state index contributed by atoms with van der Waals surface area (Å²) in [5.41, 5.74) is -1.00. The van der Waals surface area contributed by atoms with Crippen LogP contribution in [0.4, 0.5) is 0 Å². The van der Waals surface area contributed by atoms with E-state index in [1.807, 2.05) is 4.90 Å². The fourth-order valence-corrected chi connectivity index (χ4v) is 8.35. The third kappa shape index (κ3) is 5.64. The molecule has 0 atom stereocenters. The van der Waals surface area contributed by atoms with Gasteiger partial charge in [0.25, 0.3) is 0 Å². The van der Waals surface area contributed by atoms with Gasteiger partial charge in [-0.2, -0.15) is 0 Å². The van der Waals surface area contributed by atoms with Gasteiger partial charge in [0.05, 0.1) is 26.4 Å². The molecule has 1 fully saturated rings. The maximum atomic E-state index is 13.4. The molecule has 1 rings (SSSR count). The van der Waals surface area contributed by atoms with Crippen molar-refractivity contribution in [1.29, 1.82) is 0 Å². The first kappa shape index (κ1) is 21.3. The molecular formula is C14H31NO6P2. The second-order valence-electron chi connectivity index (χ2n) is 5.19. The maximum Gasteiger partial charge on any atom is 0.360 e. The Morgan fingerprint density at radius 3 is 1.39 bits per heavy atom. The van der Waals surface area contributed by atoms with Gasteiger partial charge in [0, 0.05) is 0 Å². The van der Waals surface area contributed by atoms with Crippen molar-refractivity contribution >= 4 is 15.2 Å². The first-order valence-corrected chi connectivity index (χ1v) is 11.7. The zero-order valence-corrected chi connectivity index (χ0v) is 16.5. The van der Waals surface area contributed by atoms with Crippen LogP contribution in [0.15, 0.2) is 0 Å². The molecule has 138 valence electrons. The van der Waals surface area contributed by atoms with Gasteiger partial charge in [0.1, 0.15) is 0 Å². The quantitative estimate of drug-likeness (QED) is 0.502. The molecule has 1 aliphatic heterocycles. The number of likely N-dealkylation sites (tertiary alicyclic amines) is 1. The number of hydrogen-bond donors (Lipinski definition) is 0. The van der Waals surface area contributed by atoms with Gasteiger partial charge in [-0.05, 0) is 53.6 Å². The molecule has 0 saturated carbocycles. The molecule has 0 aliphatic carbocycles. The third-order valence-electron chi connectivity index (χ3n) is 3.52. The van der Waals surface area contributed by atoms with Crippen LogP contribution in [0.2, 0.25) is 0 Å². The van der Waals surface area contributed by atoms with Crippen molar-refractivity contribution in [1.82, 2.24) is 4.90 Å². The second-order valence-corrected chi connectivity index (χ2v) is 9.77. The average molecular weight is 371 g/mol. The van der Waals surface area contributed by atoms with Crippen LogP contribution in [0.3, 0.4) is 0 Å². The van der Waals surface area contributed by atoms with Crippen LogP contribution in [-0.4, -0.2) is 49.9 Å². The lowest BCUT2D eigenvalue weighted by Gasteiger charge is -2.40. The van der Waals surface area contributed by atoms with Gasteiger partial charge in [-0.25, -0.2) is 0 Å². The van der Waals surface area contributed by atoms with Gasteiger partial charge in [-0.15, -0.1) is 0 Å². The molecule has 0 bridgehead atoms. The molecule has 0 N–H and O–H groups in total. The summed E-state index contributed by atoms with van der Waals surface area (Å²) in [5, 5.41) is 0. The molecule has 0 radical (unpaired) electrons. The molecule has 1 heterocycles. The van der Waals surface area contributed by atoms with Gasteiger partial charge in [0.2, 0.25) is 5.52 Å². The SMILES string of the molecule is CCOP(=O)(OCC)C(N1CCCCC1)P(=O)(OCC)OCC. The highest BCUT2D eigenvalue weighted by molar-refractivity contribution is 7.72. The van der Waals surface area contributed by atoms with Crippen molar-refractivity contribution in [3.63, 3.8) is 0 Å². The Morgan fingerprint density at radius 1 is 0.739 bits per heavy atom. The van der Waals surface area contributed by atoms with E-state index in [4.69, 9.17) is 18.1 Å². The van der Waals surface area contributed by atoms with Gasteiger partial charge < -0.3 is 18.1 Å². The standard InChI is InChI=1S/C14H31NO6P2/c1-5-18-22(16,19-6-2)14(15-12-10-9-11-13-15)23(17,20-7-3)21-8-4/h14H,5-13H2,1-4H3. The highest BCUT2D eigenvalue weighted by Gasteiger charge is 2.54. The minimum atomic E-state index is -3.67. The number of hydrogen-bond acceptors (Lipinski definition) is 7. The van der Waals surface area contributed by atoms with Crippen molar-refractivity contribution in [2.24, 2.45) is 0 Å². The molecule has 1 aliphatic rings. The lowest BCUT2D eigenvalue weighted by atomic mass is 10.1. The van der Waals surface area contributed by atoms with Gasteiger partial charge in [-0.3, -0.25) is 14.0 Å². The summed E-state index contributed by atoms with van der Waals surface area (Å²) in [4.78, 5) is 1.90. The summed E-state index contributed by atoms with van der Waals surface area (Å²) >= 11 is 0. The Balaban J connectivity index is 3.27. The van der Waals surface area contributed by atoms with Crippen LogP contribution in [0.1, 0.15) is 47.0 Å². The van der Waals surface area contributed by atoms with Crippen molar-refractivity contribution in [2.75, 3.05) is 39.5 Å². The van der Waals surface area contributed by atoms with E-state index in [1.54, 1.807) is 27.7 Å². The summed E-state index contributed by atoms with van der Waals surface area (Å²) in [7, 11) is -7.33. The smallest absolute Gasteiger partial charge is 0.307 e. The Morgan fingerprint density at radius 2 is 1.09 bits per heavy atom. The van der Waals surface area contributed by atoms with Crippen molar-refractivity contribution in [3.05, 3.63) is 0 Å². The fourth-order valence-electron chi connectivity index (χ4n) is 2.78. The van der Waals surface area contributed by atoms with Crippen molar-refractivity contribution in [2.45, 2.75) is 52.5 Å². The largest absolute Gasteiger partial charge is 0.360 e. The Bertz CT molecular complexity index is 377. The summed E-state index contributed by atoms with van der Waals surface area (Å²) in [5.74, 6) is 0. The minimum Gasteiger partial charge on any atom is -0.307 e. The number of piperidine rings is 1. The first-order chi connectivity index (χ1) is 11.0. The van der Waals surface area contributed by atoms with E-state index >= 15 is 0 Å². The molecule has 0 unspecified atom stereocenters. The zero-order chi connectivity index (χ0) is 17.3. The Kier molecular flexibility index (Phi) is 9.54. The van der Waals surface area contributed by atoms with Crippen LogP contribution in [0.25, 0.3) is 0 Å². The maximum absolute atomic E-state index is 13.4. The minimum absolute atomic E-state index is 0.208. The normalized spacial score (nSPS) is 17.8. The highest BCUT2D eigenvalue weighted by Crippen LogP contribution is 2.71. The van der Waals surface area contributed by atoms with Crippen molar-refractivity contribution < 1.29 is 27.2 Å². The molecule has 0 aromatic carbocycles. The highest BCUT2D eigenvalue weighted by atomic mass is 31.2. The summed E-state index contributed by atoms with van der Waals surface area (Å²) in [6.07, 6.45) is 3.00. The predicted molar refractivity (Wildman–Crippen MR) is 90.9 cm³/mol. The van der Waals surface area contributed by atoms with E-state index in [1.165, 1.54) is 0 Å². The molecule has 7 nitrogen and oxygen atoms in total. The Hall–Kier alpha value is 0.260. The molecule has 23 heavy (non-hydrogen) atoms. The van der Waals surface area contributed by atoms with E-state index in [2.05, 4.69) is 0 Å². The van der Waals surface area contributed by atoms with Crippen molar-refractivity contribution in [3.8, 4) is 0 Å². The Labute approximate surface area is 140 Å². The molecule has 1 saturated heterocycles. The van der Waals surface area contributed by atoms with E-state index in [-0.39, 0.29) is 26.4 Å². The zero-order valence-electron chi connectivity index (χ0n) is 14.7. The van der Waals surface area contributed by atoms with Crippen LogP contribution in [0, 0.1) is 0 Å². The van der Waals surface area contributed by atoms with Crippen LogP contribution in [0.5, 0.6) is 0 Å². The summed E-state index contributed by atoms with van der Waals surface area (Å²) < 4.78 is 48.7. The average Bonchev–Trinajstić information content (AvgIpc) is 2.49. The lowest BCUT2D eigenvalue weighted by molar-refractivity contribution is 0.141. The molecule has 0 aromatic rings. The monoisotopic (exact) mass is 371 g/mol. The van der Waals surface area contributed by atoms with E-state index in [0.29, 0.717) is 13.1 Å². The fraction of sp³-hybridized carbons (Fsp3) is 1.00. The first-order valence-electron chi connectivity index (χ1n) is 8.49. The van der Waals surface area contributed by atoms with E-state index in [0.717, 1.165) is 19.3 Å². The molecular weight excluding hydrogens is 340 g/mol. The van der Waals surface area contributed by atoms with Crippen LogP contribution < -0.4 is 0 Å². The number of nitrogens with zero attached hydrogens (tertiary/aromatic N) is 1. The predicted octanol–water partition coefficient (Wildman–Crippen LogP) is 4.29. The molecule has 0 aromatic heterocycles. The van der Waals surface area contributed by atoms with Crippen LogP contribution in [-0.2, 0) is 27.2 Å². The van der Waals surface area contributed by atoms with E-state index < -0.39 is 20.7 Å². The summed E-state index contributed by atoms with van der Waals surface area (Å²) in [6, 6.07) is 0. The molecule has 9 heteroatoms. The summed E-state index contributed by atoms with van der Waals surface area (Å²) in [6.45, 7) is 9.16. The van der Waals surface area contributed by atoms with E-state index in [9.17, 15) is 9.13 Å². The van der Waals surface area contributed by atoms with Crippen LogP contribution >= 0.6 is 15.2 Å². The van der Waals surface area contributed by atoms with Gasteiger partial charge in [-0.1, -0.05) is 6.42 Å². The topological polar surface area (TPSA) is 74.3 Å². The van der Waals surface area contributed by atoms with Gasteiger partial charge >= 0.3 is 15.2 Å². The van der Waals surface area contributed by atoms with Gasteiger partial charge in [0.15, 0.2) is 0 Å². The molecule has 0 amide bonds. The number of rotatable bonds is 11. The third-order valence-corrected chi connectivity index (χ3v) is 9.47. The second kappa shape index (κ2) is 10.3. The molecule has 0 spiro atoms. The lowest BCUT2D eigenvalue weighted by Crippen LogP contribution is -2.40.